The molecule has 0 fully saturated rings. The molecule has 1 aliphatic heterocycles. The van der Waals surface area contributed by atoms with Crippen LogP contribution in [0.15, 0.2) is 11.8 Å². The molecule has 0 aliphatic carbocycles. The lowest BCUT2D eigenvalue weighted by Crippen LogP contribution is -2.20. The van der Waals surface area contributed by atoms with Gasteiger partial charge in [-0.3, -0.25) is 0 Å². The summed E-state index contributed by atoms with van der Waals surface area (Å²) in [6, 6.07) is 0. The second-order valence-corrected chi connectivity index (χ2v) is 2.05. The van der Waals surface area contributed by atoms with Gasteiger partial charge in [-0.15, -0.1) is 6.29 Å². The molecule has 0 aromatic carbocycles. The molecule has 1 heterocycles. The number of hydrogen-bond acceptors (Lipinski definition) is 2. The Morgan fingerprint density at radius 1 is 1.70 bits per heavy atom. The van der Waals surface area contributed by atoms with Crippen LogP contribution < -0.4 is 0 Å². The molecular weight excluding hydrogens is 132 g/mol. The minimum absolute atomic E-state index is 0.678. The highest BCUT2D eigenvalue weighted by Crippen LogP contribution is 2.04. The average Bonchev–Trinajstić information content (AvgIpc) is 1.85. The zero-order chi connectivity index (χ0) is 7.56. The van der Waals surface area contributed by atoms with E-state index in [9.17, 15) is 4.79 Å². The Kier molecular flexibility index (Phi) is 1.85. The molecule has 0 bridgehead atoms. The summed E-state index contributed by atoms with van der Waals surface area (Å²) < 4.78 is 9.80. The van der Waals surface area contributed by atoms with Gasteiger partial charge in [0.2, 0.25) is 0 Å². The summed E-state index contributed by atoms with van der Waals surface area (Å²) >= 11 is 0. The van der Waals surface area contributed by atoms with E-state index in [1.807, 2.05) is 0 Å². The first-order valence-corrected chi connectivity index (χ1v) is 2.95. The van der Waals surface area contributed by atoms with Gasteiger partial charge in [-0.25, -0.2) is 4.42 Å². The van der Waals surface area contributed by atoms with E-state index in [2.05, 4.69) is 0 Å². The van der Waals surface area contributed by atoms with Gasteiger partial charge in [0, 0.05) is 0 Å². The maximum Gasteiger partial charge on any atom is 0.331 e. The normalized spacial score (nSPS) is 24.4. The second kappa shape index (κ2) is 2.64. The Bertz CT molecular complexity index is 203. The minimum atomic E-state index is -0.870. The summed E-state index contributed by atoms with van der Waals surface area (Å²) in [5.41, 5.74) is 0. The molecule has 0 aromatic rings. The highest BCUT2D eigenvalue weighted by molar-refractivity contribution is 5.88. The van der Waals surface area contributed by atoms with Crippen molar-refractivity contribution in [1.29, 1.82) is 0 Å². The lowest BCUT2D eigenvalue weighted by atomic mass is 10.3. The van der Waals surface area contributed by atoms with E-state index in [-0.39, 0.29) is 0 Å². The third-order valence-electron chi connectivity index (χ3n) is 1.09. The van der Waals surface area contributed by atoms with Gasteiger partial charge in [0.1, 0.15) is 5.76 Å². The van der Waals surface area contributed by atoms with Gasteiger partial charge in [-0.2, -0.15) is 0 Å². The van der Waals surface area contributed by atoms with Gasteiger partial charge in [-0.05, 0) is 6.92 Å². The monoisotopic (exact) mass is 140 g/mol. The Balaban J connectivity index is 2.76. The summed E-state index contributed by atoms with van der Waals surface area (Å²) in [4.78, 5) is 10.0. The molecule has 0 aromatic heterocycles. The van der Waals surface area contributed by atoms with E-state index in [0.717, 1.165) is 0 Å². The predicted octanol–water partition coefficient (Wildman–Crippen LogP) is 0.481. The summed E-state index contributed by atoms with van der Waals surface area (Å²) in [5, 5.41) is 0. The summed E-state index contributed by atoms with van der Waals surface area (Å²) in [7, 11) is 0. The molecule has 0 N–H and O–H groups in total. The van der Waals surface area contributed by atoms with E-state index in [0.29, 0.717) is 11.5 Å². The fraction of sp³-hybridized carbons (Fsp3) is 0.429. The van der Waals surface area contributed by atoms with E-state index >= 15 is 0 Å². The van der Waals surface area contributed by atoms with Crippen molar-refractivity contribution in [2.24, 2.45) is 0 Å². The van der Waals surface area contributed by atoms with E-state index < -0.39 is 6.29 Å². The first-order chi connectivity index (χ1) is 4.72. The fourth-order valence-electron chi connectivity index (χ4n) is 0.764. The third kappa shape index (κ3) is 1.43. The van der Waals surface area contributed by atoms with Crippen LogP contribution in [0, 0.1) is 0 Å². The largest absolute Gasteiger partial charge is 0.529 e. The third-order valence-corrected chi connectivity index (χ3v) is 1.09. The van der Waals surface area contributed by atoms with Gasteiger partial charge in [0.25, 0.3) is 0 Å². The molecule has 1 unspecified atom stereocenters. The van der Waals surface area contributed by atoms with Crippen molar-refractivity contribution in [2.75, 3.05) is 0 Å². The van der Waals surface area contributed by atoms with Crippen molar-refractivity contribution in [2.45, 2.75) is 20.1 Å². The van der Waals surface area contributed by atoms with Gasteiger partial charge >= 0.3 is 12.1 Å². The van der Waals surface area contributed by atoms with Crippen molar-refractivity contribution in [3.8, 4) is 0 Å². The molecule has 54 valence electrons. The smallest absolute Gasteiger partial charge is 0.331 e. The molecule has 1 rings (SSSR count). The fourth-order valence-corrected chi connectivity index (χ4v) is 0.764. The zero-order valence-corrected chi connectivity index (χ0v) is 5.88. The highest BCUT2D eigenvalue weighted by Gasteiger charge is 2.15. The van der Waals surface area contributed by atoms with E-state index in [4.69, 9.17) is 9.16 Å². The van der Waals surface area contributed by atoms with Crippen molar-refractivity contribution >= 4 is 12.1 Å². The molecule has 1 aliphatic rings. The molecular formula is C7H8O3. The van der Waals surface area contributed by atoms with Crippen LogP contribution >= 0.6 is 0 Å². The maximum absolute atomic E-state index is 10.0. The van der Waals surface area contributed by atoms with Gasteiger partial charge in [-0.1, -0.05) is 0 Å². The Labute approximate surface area is 59.0 Å². The topological polar surface area (TPSA) is 37.6 Å². The molecule has 0 spiro atoms. The highest BCUT2D eigenvalue weighted by atomic mass is 16.6. The predicted molar refractivity (Wildman–Crippen MR) is 35.0 cm³/mol. The Hall–Kier alpha value is -1.12. The number of carbonyl (C=O) groups excluding carboxylic acids is 2. The first kappa shape index (κ1) is 6.99. The van der Waals surface area contributed by atoms with Gasteiger partial charge < -0.3 is 9.53 Å². The van der Waals surface area contributed by atoms with Crippen LogP contribution in [0.2, 0.25) is 0 Å². The summed E-state index contributed by atoms with van der Waals surface area (Å²) in [5.74, 6) is 1.36. The van der Waals surface area contributed by atoms with Crippen molar-refractivity contribution in [3.05, 3.63) is 11.8 Å². The van der Waals surface area contributed by atoms with Crippen LogP contribution in [-0.2, 0) is 14.0 Å². The van der Waals surface area contributed by atoms with Gasteiger partial charge in [0.15, 0.2) is 0 Å². The number of ether oxygens (including phenoxy) is 1. The minimum Gasteiger partial charge on any atom is -0.529 e. The molecule has 10 heavy (non-hydrogen) atoms. The lowest BCUT2D eigenvalue weighted by molar-refractivity contribution is -0.535. The standard InChI is InChI=1S/C7H8O3/c1-5-3-6(2)10-7(4-8)9-5/h3,7H,1-2H3. The molecule has 3 nitrogen and oxygen atoms in total. The zero-order valence-electron chi connectivity index (χ0n) is 5.88. The summed E-state index contributed by atoms with van der Waals surface area (Å²) in [6.07, 6.45) is 2.45. The van der Waals surface area contributed by atoms with Crippen molar-refractivity contribution < 1.29 is 14.0 Å². The van der Waals surface area contributed by atoms with Crippen LogP contribution in [0.4, 0.5) is 0 Å². The van der Waals surface area contributed by atoms with Crippen LogP contribution in [0.3, 0.4) is 0 Å². The number of ketones is 1. The van der Waals surface area contributed by atoms with Crippen LogP contribution in [0.5, 0.6) is 0 Å². The molecule has 0 amide bonds. The number of rotatable bonds is 1. The van der Waals surface area contributed by atoms with Crippen LogP contribution in [0.1, 0.15) is 13.8 Å². The summed E-state index contributed by atoms with van der Waals surface area (Å²) in [6.45, 7) is 3.52. The Morgan fingerprint density at radius 3 is 2.90 bits per heavy atom. The van der Waals surface area contributed by atoms with Crippen LogP contribution in [0.25, 0.3) is 0 Å². The van der Waals surface area contributed by atoms with E-state index in [1.165, 1.54) is 0 Å². The molecule has 1 atom stereocenters. The van der Waals surface area contributed by atoms with Crippen molar-refractivity contribution in [3.63, 3.8) is 0 Å². The van der Waals surface area contributed by atoms with Gasteiger partial charge in [0.05, 0.1) is 13.0 Å². The Morgan fingerprint density at radius 2 is 2.40 bits per heavy atom. The lowest BCUT2D eigenvalue weighted by Gasteiger charge is -2.11. The number of allylic oxidation sites excluding steroid dienone is 2. The van der Waals surface area contributed by atoms with Crippen LogP contribution in [-0.4, -0.2) is 18.4 Å². The second-order valence-electron chi connectivity index (χ2n) is 2.05. The SMILES string of the molecule is CC1=CC(C)=[O+]C([C-]=O)O1. The first-order valence-electron chi connectivity index (χ1n) is 2.95. The van der Waals surface area contributed by atoms with Crippen molar-refractivity contribution in [1.82, 2.24) is 0 Å². The average molecular weight is 140 g/mol. The molecule has 3 heteroatoms. The number of hydrogen-bond donors (Lipinski definition) is 0. The molecule has 0 saturated heterocycles. The molecule has 0 radical (unpaired) electrons. The molecule has 0 saturated carbocycles. The quantitative estimate of drug-likeness (QED) is 0.392. The maximum atomic E-state index is 10.0. The van der Waals surface area contributed by atoms with E-state index in [1.54, 1.807) is 26.2 Å².